The first-order valence-corrected chi connectivity index (χ1v) is 7.81. The summed E-state index contributed by atoms with van der Waals surface area (Å²) in [6, 6.07) is 8.09. The molecule has 3 heterocycles. The zero-order valence-electron chi connectivity index (χ0n) is 12.1. The largest absolute Gasteiger partial charge is 0.478 e. The molecular formula is C16H10N4O3S. The number of benzene rings is 1. The molecule has 0 aliphatic rings. The predicted octanol–water partition coefficient (Wildman–Crippen LogP) is 3.12. The van der Waals surface area contributed by atoms with E-state index in [0.717, 1.165) is 5.39 Å². The van der Waals surface area contributed by atoms with E-state index in [0.29, 0.717) is 26.6 Å². The summed E-state index contributed by atoms with van der Waals surface area (Å²) in [4.78, 5) is 34.9. The monoisotopic (exact) mass is 338 g/mol. The summed E-state index contributed by atoms with van der Waals surface area (Å²) in [7, 11) is 0. The Morgan fingerprint density at radius 2 is 2.08 bits per heavy atom. The number of aromatic amines is 1. The summed E-state index contributed by atoms with van der Waals surface area (Å²) in [6.07, 6.45) is 3.28. The lowest BCUT2D eigenvalue weighted by atomic mass is 10.2. The number of amides is 1. The van der Waals surface area contributed by atoms with Crippen LogP contribution in [0.5, 0.6) is 0 Å². The Labute approximate surface area is 139 Å². The van der Waals surface area contributed by atoms with Gasteiger partial charge in [0.15, 0.2) is 5.13 Å². The van der Waals surface area contributed by atoms with Crippen LogP contribution in [0.1, 0.15) is 20.7 Å². The van der Waals surface area contributed by atoms with Crippen LogP contribution >= 0.6 is 11.3 Å². The van der Waals surface area contributed by atoms with E-state index in [2.05, 4.69) is 20.3 Å². The fourth-order valence-corrected chi connectivity index (χ4v) is 3.33. The molecule has 4 aromatic rings. The van der Waals surface area contributed by atoms with E-state index in [-0.39, 0.29) is 11.5 Å². The minimum Gasteiger partial charge on any atom is -0.478 e. The Bertz CT molecular complexity index is 1100. The van der Waals surface area contributed by atoms with Crippen LogP contribution in [0.4, 0.5) is 5.13 Å². The van der Waals surface area contributed by atoms with Crippen molar-refractivity contribution in [1.82, 2.24) is 15.0 Å². The maximum absolute atomic E-state index is 12.5. The number of aromatic carboxylic acids is 1. The van der Waals surface area contributed by atoms with Gasteiger partial charge in [0.1, 0.15) is 5.65 Å². The number of nitrogens with zero attached hydrogens (tertiary/aromatic N) is 2. The molecule has 0 unspecified atom stereocenters. The first-order valence-electron chi connectivity index (χ1n) is 6.99. The summed E-state index contributed by atoms with van der Waals surface area (Å²) in [5.41, 5.74) is 1.96. The van der Waals surface area contributed by atoms with Gasteiger partial charge in [-0.3, -0.25) is 10.1 Å². The maximum atomic E-state index is 12.5. The van der Waals surface area contributed by atoms with Gasteiger partial charge in [-0.25, -0.2) is 14.8 Å². The number of hydrogen-bond donors (Lipinski definition) is 3. The number of carbonyl (C=O) groups is 2. The molecule has 0 fully saturated rings. The Kier molecular flexibility index (Phi) is 3.24. The van der Waals surface area contributed by atoms with Crippen LogP contribution in [-0.2, 0) is 0 Å². The number of nitrogens with one attached hydrogen (secondary N) is 2. The molecule has 4 rings (SSSR count). The first kappa shape index (κ1) is 14.3. The van der Waals surface area contributed by atoms with Crippen molar-refractivity contribution < 1.29 is 14.7 Å². The van der Waals surface area contributed by atoms with E-state index in [1.807, 2.05) is 0 Å². The third-order valence-corrected chi connectivity index (χ3v) is 4.49. The van der Waals surface area contributed by atoms with Crippen molar-refractivity contribution in [3.8, 4) is 0 Å². The van der Waals surface area contributed by atoms with Gasteiger partial charge < -0.3 is 10.1 Å². The van der Waals surface area contributed by atoms with Crippen LogP contribution in [0.3, 0.4) is 0 Å². The lowest BCUT2D eigenvalue weighted by Gasteiger charge is -2.02. The van der Waals surface area contributed by atoms with Gasteiger partial charge in [-0.2, -0.15) is 0 Å². The highest BCUT2D eigenvalue weighted by Gasteiger charge is 2.14. The second-order valence-electron chi connectivity index (χ2n) is 5.06. The predicted molar refractivity (Wildman–Crippen MR) is 90.6 cm³/mol. The molecule has 1 aromatic carbocycles. The average Bonchev–Trinajstić information content (AvgIpc) is 3.19. The molecule has 0 bridgehead atoms. The second kappa shape index (κ2) is 5.43. The number of carboxylic acid groups (broad SMARTS) is 1. The highest BCUT2D eigenvalue weighted by molar-refractivity contribution is 7.22. The van der Waals surface area contributed by atoms with Crippen molar-refractivity contribution in [3.05, 3.63) is 53.9 Å². The summed E-state index contributed by atoms with van der Waals surface area (Å²) < 4.78 is 0.701. The Morgan fingerprint density at radius 1 is 1.21 bits per heavy atom. The number of pyridine rings is 1. The van der Waals surface area contributed by atoms with Gasteiger partial charge in [-0.15, -0.1) is 0 Å². The number of carbonyl (C=O) groups excluding carboxylic acids is 1. The fraction of sp³-hybridized carbons (Fsp3) is 0. The third-order valence-electron chi connectivity index (χ3n) is 3.56. The van der Waals surface area contributed by atoms with Crippen molar-refractivity contribution in [2.75, 3.05) is 5.32 Å². The van der Waals surface area contributed by atoms with Crippen molar-refractivity contribution >= 4 is 49.6 Å². The Balaban J connectivity index is 1.67. The van der Waals surface area contributed by atoms with Gasteiger partial charge in [0.25, 0.3) is 5.91 Å². The number of thiazole rings is 1. The highest BCUT2D eigenvalue weighted by atomic mass is 32.1. The van der Waals surface area contributed by atoms with Crippen LogP contribution in [0.25, 0.3) is 21.3 Å². The Hall–Kier alpha value is -3.26. The first-order chi connectivity index (χ1) is 11.6. The van der Waals surface area contributed by atoms with Gasteiger partial charge in [-0.05, 0) is 30.3 Å². The molecule has 3 N–H and O–H groups in total. The molecule has 8 heteroatoms. The van der Waals surface area contributed by atoms with Gasteiger partial charge in [0, 0.05) is 17.8 Å². The average molecular weight is 338 g/mol. The molecule has 0 aliphatic carbocycles. The maximum Gasteiger partial charge on any atom is 0.335 e. The zero-order chi connectivity index (χ0) is 16.7. The van der Waals surface area contributed by atoms with E-state index in [9.17, 15) is 9.59 Å². The van der Waals surface area contributed by atoms with E-state index in [1.165, 1.54) is 17.4 Å². The van der Waals surface area contributed by atoms with Crippen molar-refractivity contribution in [3.63, 3.8) is 0 Å². The third kappa shape index (κ3) is 2.38. The number of rotatable bonds is 3. The molecule has 0 saturated heterocycles. The van der Waals surface area contributed by atoms with Crippen LogP contribution in [0.2, 0.25) is 0 Å². The van der Waals surface area contributed by atoms with Crippen LogP contribution in [0.15, 0.2) is 42.7 Å². The highest BCUT2D eigenvalue weighted by Crippen LogP contribution is 2.27. The van der Waals surface area contributed by atoms with Gasteiger partial charge in [0.2, 0.25) is 0 Å². The van der Waals surface area contributed by atoms with Gasteiger partial charge in [0.05, 0.1) is 21.3 Å². The zero-order valence-corrected chi connectivity index (χ0v) is 12.9. The quantitative estimate of drug-likeness (QED) is 0.532. The Morgan fingerprint density at radius 3 is 2.92 bits per heavy atom. The normalized spacial score (nSPS) is 11.0. The number of anilines is 1. The second-order valence-corrected chi connectivity index (χ2v) is 6.09. The topological polar surface area (TPSA) is 108 Å². The number of carboxylic acids is 1. The molecule has 0 spiro atoms. The molecule has 1 amide bonds. The summed E-state index contributed by atoms with van der Waals surface area (Å²) in [5.74, 6) is -1.29. The van der Waals surface area contributed by atoms with Crippen LogP contribution in [-0.4, -0.2) is 31.9 Å². The lowest BCUT2D eigenvalue weighted by molar-refractivity contribution is 0.0697. The van der Waals surface area contributed by atoms with Gasteiger partial charge in [-0.1, -0.05) is 11.3 Å². The van der Waals surface area contributed by atoms with E-state index >= 15 is 0 Å². The number of aromatic nitrogens is 3. The number of hydrogen-bond acceptors (Lipinski definition) is 5. The molecular weight excluding hydrogens is 328 g/mol. The molecule has 118 valence electrons. The molecule has 24 heavy (non-hydrogen) atoms. The minimum absolute atomic E-state index is 0.187. The van der Waals surface area contributed by atoms with Crippen molar-refractivity contribution in [1.29, 1.82) is 0 Å². The fourth-order valence-electron chi connectivity index (χ4n) is 2.43. The number of fused-ring (bicyclic) bond motifs is 2. The van der Waals surface area contributed by atoms with E-state index in [1.54, 1.807) is 36.7 Å². The van der Waals surface area contributed by atoms with Crippen LogP contribution in [0, 0.1) is 0 Å². The van der Waals surface area contributed by atoms with Crippen LogP contribution < -0.4 is 5.32 Å². The van der Waals surface area contributed by atoms with E-state index in [4.69, 9.17) is 5.11 Å². The van der Waals surface area contributed by atoms with Crippen molar-refractivity contribution in [2.24, 2.45) is 0 Å². The molecule has 0 aliphatic heterocycles. The summed E-state index contributed by atoms with van der Waals surface area (Å²) in [6.45, 7) is 0. The SMILES string of the molecule is O=C(O)c1ccc2nc(NC(=O)c3ccnc4[nH]ccc34)sc2c1. The molecule has 0 radical (unpaired) electrons. The van der Waals surface area contributed by atoms with Gasteiger partial charge >= 0.3 is 5.97 Å². The standard InChI is InChI=1S/C16H10N4O3S/c21-14(10-4-6-18-13-9(10)3-5-17-13)20-16-19-11-2-1-8(15(22)23)7-12(11)24-16/h1-7H,(H,17,18)(H,22,23)(H,19,20,21). The lowest BCUT2D eigenvalue weighted by Crippen LogP contribution is -2.12. The van der Waals surface area contributed by atoms with Crippen molar-refractivity contribution in [2.45, 2.75) is 0 Å². The smallest absolute Gasteiger partial charge is 0.335 e. The molecule has 3 aromatic heterocycles. The number of H-pyrrole nitrogens is 1. The van der Waals surface area contributed by atoms with E-state index < -0.39 is 5.97 Å². The molecule has 7 nitrogen and oxygen atoms in total. The summed E-state index contributed by atoms with van der Waals surface area (Å²) in [5, 5.41) is 12.9. The minimum atomic E-state index is -0.998. The molecule has 0 atom stereocenters. The molecule has 0 saturated carbocycles. The summed E-state index contributed by atoms with van der Waals surface area (Å²) >= 11 is 1.23.